The molecule has 0 saturated heterocycles. The number of hydrogen-bond acceptors (Lipinski definition) is 6. The van der Waals surface area contributed by atoms with Crippen molar-refractivity contribution in [1.82, 2.24) is 19.1 Å². The van der Waals surface area contributed by atoms with E-state index in [9.17, 15) is 9.59 Å². The van der Waals surface area contributed by atoms with Gasteiger partial charge in [0.1, 0.15) is 0 Å². The quantitative estimate of drug-likeness (QED) is 0.426. The molecule has 0 unspecified atom stereocenters. The van der Waals surface area contributed by atoms with Gasteiger partial charge in [-0.25, -0.2) is 9.78 Å². The molecule has 2 aliphatic heterocycles. The van der Waals surface area contributed by atoms with Gasteiger partial charge in [-0.2, -0.15) is 22.9 Å². The maximum Gasteiger partial charge on any atom is 0.352 e. The SMILES string of the molecule is Cn1c2nc(=O)n(CCCCCS)c(=O)c-2nc2ccc(C#N)cc21. The van der Waals surface area contributed by atoms with E-state index in [4.69, 9.17) is 5.26 Å². The van der Waals surface area contributed by atoms with E-state index in [0.717, 1.165) is 23.2 Å². The predicted octanol–water partition coefficient (Wildman–Crippen LogP) is 1.57. The summed E-state index contributed by atoms with van der Waals surface area (Å²) in [6, 6.07) is 7.06. The molecule has 0 amide bonds. The first-order valence-electron chi connectivity index (χ1n) is 7.99. The molecule has 25 heavy (non-hydrogen) atoms. The van der Waals surface area contributed by atoms with Crippen LogP contribution >= 0.6 is 12.6 Å². The number of benzene rings is 1. The van der Waals surface area contributed by atoms with E-state index in [-0.39, 0.29) is 11.5 Å². The summed E-state index contributed by atoms with van der Waals surface area (Å²) >= 11 is 4.15. The fourth-order valence-electron chi connectivity index (χ4n) is 2.79. The normalized spacial score (nSPS) is 11.1. The van der Waals surface area contributed by atoms with E-state index in [1.165, 1.54) is 0 Å². The molecular formula is C17H17N5O2S. The third-order valence-corrected chi connectivity index (χ3v) is 4.46. The second kappa shape index (κ2) is 7.07. The maximum atomic E-state index is 12.7. The Morgan fingerprint density at radius 3 is 2.72 bits per heavy atom. The molecule has 2 aliphatic rings. The van der Waals surface area contributed by atoms with E-state index in [1.807, 2.05) is 0 Å². The van der Waals surface area contributed by atoms with Crippen LogP contribution in [0.1, 0.15) is 24.8 Å². The third kappa shape index (κ3) is 3.15. The lowest BCUT2D eigenvalue weighted by molar-refractivity contribution is 0.562. The molecule has 0 bridgehead atoms. The lowest BCUT2D eigenvalue weighted by Crippen LogP contribution is -2.38. The molecule has 1 aromatic rings. The van der Waals surface area contributed by atoms with Gasteiger partial charge in [0.2, 0.25) is 0 Å². The average Bonchev–Trinajstić information content (AvgIpc) is 2.62. The van der Waals surface area contributed by atoms with Crippen LogP contribution in [0.4, 0.5) is 0 Å². The van der Waals surface area contributed by atoms with Gasteiger partial charge < -0.3 is 4.57 Å². The van der Waals surface area contributed by atoms with Crippen LogP contribution < -0.4 is 11.2 Å². The van der Waals surface area contributed by atoms with Gasteiger partial charge in [0, 0.05) is 13.6 Å². The van der Waals surface area contributed by atoms with Gasteiger partial charge in [-0.05, 0) is 36.8 Å². The number of fused-ring (bicyclic) bond motifs is 2. The fraction of sp³-hybridized carbons (Fsp3) is 0.353. The zero-order valence-electron chi connectivity index (χ0n) is 13.8. The van der Waals surface area contributed by atoms with Crippen molar-refractivity contribution in [3.8, 4) is 17.6 Å². The number of thiol groups is 1. The Labute approximate surface area is 149 Å². The highest BCUT2D eigenvalue weighted by Crippen LogP contribution is 2.20. The maximum absolute atomic E-state index is 12.7. The van der Waals surface area contributed by atoms with Crippen molar-refractivity contribution >= 4 is 23.7 Å². The van der Waals surface area contributed by atoms with E-state index >= 15 is 0 Å². The second-order valence-electron chi connectivity index (χ2n) is 5.79. The number of aromatic nitrogens is 4. The minimum Gasteiger partial charge on any atom is -0.325 e. The summed E-state index contributed by atoms with van der Waals surface area (Å²) < 4.78 is 2.77. The molecule has 1 aromatic carbocycles. The number of rotatable bonds is 5. The fourth-order valence-corrected chi connectivity index (χ4v) is 3.02. The molecule has 0 aromatic heterocycles. The van der Waals surface area contributed by atoms with Crippen molar-refractivity contribution in [1.29, 1.82) is 5.26 Å². The van der Waals surface area contributed by atoms with Gasteiger partial charge in [-0.15, -0.1) is 0 Å². The monoisotopic (exact) mass is 355 g/mol. The highest BCUT2D eigenvalue weighted by Gasteiger charge is 2.20. The third-order valence-electron chi connectivity index (χ3n) is 4.15. The molecule has 0 saturated carbocycles. The molecule has 0 radical (unpaired) electrons. The smallest absolute Gasteiger partial charge is 0.325 e. The van der Waals surface area contributed by atoms with Gasteiger partial charge in [0.15, 0.2) is 11.5 Å². The summed E-state index contributed by atoms with van der Waals surface area (Å²) in [5.41, 5.74) is 0.856. The average molecular weight is 355 g/mol. The summed E-state index contributed by atoms with van der Waals surface area (Å²) in [5, 5.41) is 9.04. The number of hydrogen-bond donors (Lipinski definition) is 1. The van der Waals surface area contributed by atoms with Gasteiger partial charge in [0.05, 0.1) is 22.7 Å². The van der Waals surface area contributed by atoms with Crippen LogP contribution in [0.25, 0.3) is 22.6 Å². The summed E-state index contributed by atoms with van der Waals surface area (Å²) in [4.78, 5) is 33.4. The van der Waals surface area contributed by atoms with E-state index in [2.05, 4.69) is 28.7 Å². The summed E-state index contributed by atoms with van der Waals surface area (Å²) in [7, 11) is 1.70. The van der Waals surface area contributed by atoms with Crippen molar-refractivity contribution in [2.75, 3.05) is 5.75 Å². The molecule has 8 heteroatoms. The summed E-state index contributed by atoms with van der Waals surface area (Å²) in [5.74, 6) is 1.01. The number of aryl methyl sites for hydroxylation is 1. The van der Waals surface area contributed by atoms with Crippen LogP contribution in [-0.4, -0.2) is 24.9 Å². The van der Waals surface area contributed by atoms with Crippen LogP contribution in [0.15, 0.2) is 27.8 Å². The standard InChI is InChI=1S/C17H17N5O2S/c1-21-13-9-11(10-18)5-6-12(13)19-14-15(21)20-17(24)22(16(14)23)7-3-2-4-8-25/h5-6,9,25H,2-4,7-8H2,1H3. The molecule has 0 fully saturated rings. The van der Waals surface area contributed by atoms with Gasteiger partial charge in [0.25, 0.3) is 5.56 Å². The molecule has 0 aliphatic carbocycles. The highest BCUT2D eigenvalue weighted by molar-refractivity contribution is 7.80. The first-order chi connectivity index (χ1) is 12.1. The number of nitrogens with zero attached hydrogens (tertiary/aromatic N) is 5. The topological polar surface area (TPSA) is 93.6 Å². The van der Waals surface area contributed by atoms with Crippen molar-refractivity contribution in [2.45, 2.75) is 25.8 Å². The lowest BCUT2D eigenvalue weighted by Gasteiger charge is -2.14. The van der Waals surface area contributed by atoms with Crippen molar-refractivity contribution in [3.05, 3.63) is 44.6 Å². The van der Waals surface area contributed by atoms with Crippen molar-refractivity contribution in [3.63, 3.8) is 0 Å². The van der Waals surface area contributed by atoms with Crippen molar-refractivity contribution < 1.29 is 0 Å². The first kappa shape index (κ1) is 17.2. The largest absolute Gasteiger partial charge is 0.352 e. The Bertz CT molecular complexity index is 1060. The molecule has 0 spiro atoms. The lowest BCUT2D eigenvalue weighted by atomic mass is 10.2. The van der Waals surface area contributed by atoms with Gasteiger partial charge in [-0.3, -0.25) is 9.36 Å². The minimum absolute atomic E-state index is 0.161. The van der Waals surface area contributed by atoms with Gasteiger partial charge in [-0.1, -0.05) is 6.42 Å². The number of unbranched alkanes of at least 4 members (excludes halogenated alkanes) is 2. The number of nitriles is 1. The molecule has 0 N–H and O–H groups in total. The minimum atomic E-state index is -0.573. The highest BCUT2D eigenvalue weighted by atomic mass is 32.1. The Morgan fingerprint density at radius 1 is 1.20 bits per heavy atom. The molecule has 3 rings (SSSR count). The van der Waals surface area contributed by atoms with Crippen molar-refractivity contribution in [2.24, 2.45) is 7.05 Å². The van der Waals surface area contributed by atoms with Gasteiger partial charge >= 0.3 is 5.69 Å². The van der Waals surface area contributed by atoms with Crippen LogP contribution in [0.5, 0.6) is 0 Å². The molecular weight excluding hydrogens is 338 g/mol. The second-order valence-corrected chi connectivity index (χ2v) is 6.24. The summed E-state index contributed by atoms with van der Waals surface area (Å²) in [6.45, 7) is 0.325. The van der Waals surface area contributed by atoms with Crippen LogP contribution in [0.2, 0.25) is 0 Å². The molecule has 2 heterocycles. The Kier molecular flexibility index (Phi) is 4.86. The van der Waals surface area contributed by atoms with Crippen LogP contribution in [-0.2, 0) is 13.6 Å². The molecule has 0 atom stereocenters. The van der Waals surface area contributed by atoms with Crippen LogP contribution in [0.3, 0.4) is 0 Å². The zero-order valence-corrected chi connectivity index (χ0v) is 14.7. The Morgan fingerprint density at radius 2 is 2.00 bits per heavy atom. The summed E-state index contributed by atoms with van der Waals surface area (Å²) in [6.07, 6.45) is 2.55. The zero-order chi connectivity index (χ0) is 18.0. The Hall–Kier alpha value is -2.66. The van der Waals surface area contributed by atoms with E-state index in [1.54, 1.807) is 29.8 Å². The molecule has 128 valence electrons. The first-order valence-corrected chi connectivity index (χ1v) is 8.62. The molecule has 7 nitrogen and oxygen atoms in total. The predicted molar refractivity (Wildman–Crippen MR) is 98.1 cm³/mol. The Balaban J connectivity index is 2.17. The van der Waals surface area contributed by atoms with Crippen LogP contribution in [0, 0.1) is 11.3 Å². The van der Waals surface area contributed by atoms with E-state index < -0.39 is 11.2 Å². The van der Waals surface area contributed by atoms with E-state index in [0.29, 0.717) is 29.6 Å².